The van der Waals surface area contributed by atoms with E-state index in [4.69, 9.17) is 9.84 Å². The Bertz CT molecular complexity index is 641. The Kier molecular flexibility index (Phi) is 7.67. The zero-order valence-electron chi connectivity index (χ0n) is 16.1. The summed E-state index contributed by atoms with van der Waals surface area (Å²) in [5.41, 5.74) is 1.01. The first kappa shape index (κ1) is 20.8. The monoisotopic (exact) mass is 375 g/mol. The fourth-order valence-corrected chi connectivity index (χ4v) is 3.27. The molecule has 148 valence electrons. The van der Waals surface area contributed by atoms with Crippen molar-refractivity contribution in [3.05, 3.63) is 42.5 Å². The number of nitrogens with one attached hydrogen (secondary N) is 1. The quantitative estimate of drug-likeness (QED) is 0.614. The number of urea groups is 1. The molecule has 1 aliphatic rings. The zero-order chi connectivity index (χ0) is 19.8. The van der Waals surface area contributed by atoms with Crippen LogP contribution in [0.4, 0.5) is 4.79 Å². The second kappa shape index (κ2) is 9.97. The first-order valence-electron chi connectivity index (χ1n) is 9.21. The van der Waals surface area contributed by atoms with E-state index in [9.17, 15) is 9.59 Å². The van der Waals surface area contributed by atoms with Crippen molar-refractivity contribution in [1.29, 1.82) is 0 Å². The topological polar surface area (TPSA) is 82.1 Å². The largest absolute Gasteiger partial charge is 0.497 e. The van der Waals surface area contributed by atoms with Gasteiger partial charge in [0, 0.05) is 25.2 Å². The first-order valence-corrected chi connectivity index (χ1v) is 9.21. The lowest BCUT2D eigenvalue weighted by Gasteiger charge is -2.42. The lowest BCUT2D eigenvalue weighted by Crippen LogP contribution is -2.56. The van der Waals surface area contributed by atoms with Gasteiger partial charge in [-0.3, -0.25) is 9.69 Å². The molecule has 1 aromatic carbocycles. The van der Waals surface area contributed by atoms with E-state index in [0.29, 0.717) is 19.6 Å². The van der Waals surface area contributed by atoms with Crippen molar-refractivity contribution >= 4 is 12.0 Å². The van der Waals surface area contributed by atoms with Crippen molar-refractivity contribution in [2.45, 2.75) is 38.4 Å². The van der Waals surface area contributed by atoms with Gasteiger partial charge in [-0.1, -0.05) is 25.1 Å². The molecule has 27 heavy (non-hydrogen) atoms. The van der Waals surface area contributed by atoms with E-state index < -0.39 is 5.97 Å². The fourth-order valence-electron chi connectivity index (χ4n) is 3.27. The van der Waals surface area contributed by atoms with Crippen LogP contribution in [0.3, 0.4) is 0 Å². The normalized spacial score (nSPS) is 18.5. The molecule has 0 spiro atoms. The summed E-state index contributed by atoms with van der Waals surface area (Å²) in [4.78, 5) is 27.2. The summed E-state index contributed by atoms with van der Waals surface area (Å²) >= 11 is 0. The van der Waals surface area contributed by atoms with Crippen LogP contribution in [0.25, 0.3) is 0 Å². The van der Waals surface area contributed by atoms with Crippen LogP contribution < -0.4 is 10.1 Å². The summed E-state index contributed by atoms with van der Waals surface area (Å²) in [5.74, 6) is -0.0400. The second-order valence-electron chi connectivity index (χ2n) is 6.75. The number of likely N-dealkylation sites (N-methyl/N-ethyl adjacent to an activating group) is 1. The summed E-state index contributed by atoms with van der Waals surface area (Å²) < 4.78 is 5.16. The molecule has 0 unspecified atom stereocenters. The number of aliphatic carboxylic acids is 1. The maximum absolute atomic E-state index is 12.6. The molecular weight excluding hydrogens is 346 g/mol. The number of methoxy groups -OCH3 is 1. The van der Waals surface area contributed by atoms with Gasteiger partial charge >= 0.3 is 12.0 Å². The smallest absolute Gasteiger partial charge is 0.318 e. The molecule has 1 aliphatic carbocycles. The molecule has 1 aromatic rings. The highest BCUT2D eigenvalue weighted by molar-refractivity contribution is 5.75. The van der Waals surface area contributed by atoms with Gasteiger partial charge in [0.1, 0.15) is 5.75 Å². The molecule has 0 aliphatic heterocycles. The van der Waals surface area contributed by atoms with Crippen molar-refractivity contribution in [3.8, 4) is 5.75 Å². The molecule has 7 heteroatoms. The summed E-state index contributed by atoms with van der Waals surface area (Å²) in [6, 6.07) is 7.78. The third-order valence-electron chi connectivity index (χ3n) is 4.87. The van der Waals surface area contributed by atoms with E-state index >= 15 is 0 Å². The van der Waals surface area contributed by atoms with Crippen LogP contribution in [0.15, 0.2) is 36.9 Å². The van der Waals surface area contributed by atoms with Crippen molar-refractivity contribution in [3.63, 3.8) is 0 Å². The molecule has 0 aromatic heterocycles. The highest BCUT2D eigenvalue weighted by Crippen LogP contribution is 2.26. The first-order chi connectivity index (χ1) is 13.0. The van der Waals surface area contributed by atoms with Gasteiger partial charge < -0.3 is 20.1 Å². The second-order valence-corrected chi connectivity index (χ2v) is 6.75. The Balaban J connectivity index is 1.86. The number of hydrogen-bond donors (Lipinski definition) is 2. The summed E-state index contributed by atoms with van der Waals surface area (Å²) in [5, 5.41) is 12.0. The molecule has 7 nitrogen and oxygen atoms in total. The molecule has 1 saturated carbocycles. The minimum Gasteiger partial charge on any atom is -0.497 e. The lowest BCUT2D eigenvalue weighted by molar-refractivity contribution is -0.139. The number of carbonyl (C=O) groups is 2. The van der Waals surface area contributed by atoms with Gasteiger partial charge in [-0.15, -0.1) is 6.58 Å². The van der Waals surface area contributed by atoms with Crippen LogP contribution in [0.2, 0.25) is 0 Å². The van der Waals surface area contributed by atoms with Gasteiger partial charge in [-0.05, 0) is 37.1 Å². The van der Waals surface area contributed by atoms with Crippen LogP contribution in [0.5, 0.6) is 5.75 Å². The third-order valence-corrected chi connectivity index (χ3v) is 4.87. The van der Waals surface area contributed by atoms with E-state index in [-0.39, 0.29) is 24.7 Å². The maximum Gasteiger partial charge on any atom is 0.318 e. The number of hydrogen-bond acceptors (Lipinski definition) is 4. The predicted molar refractivity (Wildman–Crippen MR) is 104 cm³/mol. The van der Waals surface area contributed by atoms with E-state index in [1.807, 2.05) is 36.1 Å². The molecule has 2 N–H and O–H groups in total. The van der Waals surface area contributed by atoms with Crippen LogP contribution >= 0.6 is 0 Å². The molecular formula is C20H29N3O4. The van der Waals surface area contributed by atoms with Crippen molar-refractivity contribution in [2.24, 2.45) is 0 Å². The Labute approximate surface area is 160 Å². The van der Waals surface area contributed by atoms with Crippen molar-refractivity contribution < 1.29 is 19.4 Å². The molecule has 0 atom stereocenters. The number of nitrogens with zero attached hydrogens (tertiary/aromatic N) is 2. The minimum atomic E-state index is -0.819. The summed E-state index contributed by atoms with van der Waals surface area (Å²) in [6.45, 7) is 7.36. The van der Waals surface area contributed by atoms with E-state index in [2.05, 4.69) is 11.9 Å². The van der Waals surface area contributed by atoms with Gasteiger partial charge in [0.2, 0.25) is 0 Å². The van der Waals surface area contributed by atoms with Gasteiger partial charge in [0.25, 0.3) is 0 Å². The van der Waals surface area contributed by atoms with Crippen LogP contribution in [-0.4, -0.2) is 65.7 Å². The highest BCUT2D eigenvalue weighted by Gasteiger charge is 2.35. The van der Waals surface area contributed by atoms with Crippen molar-refractivity contribution in [1.82, 2.24) is 15.1 Å². The zero-order valence-corrected chi connectivity index (χ0v) is 16.1. The number of ether oxygens (including phenoxy) is 1. The van der Waals surface area contributed by atoms with Gasteiger partial charge in [-0.2, -0.15) is 0 Å². The van der Waals surface area contributed by atoms with E-state index in [0.717, 1.165) is 24.2 Å². The Hall–Kier alpha value is -2.54. The molecule has 0 radical (unpaired) electrons. The van der Waals surface area contributed by atoms with Crippen LogP contribution in [0, 0.1) is 0 Å². The number of carboxylic acids is 1. The SMILES string of the molecule is C=CCN(Cc1ccc(OC)cc1)C(=O)NC1CC(N(CC)CC(=O)O)C1. The van der Waals surface area contributed by atoms with Crippen molar-refractivity contribution in [2.75, 3.05) is 26.7 Å². The summed E-state index contributed by atoms with van der Waals surface area (Å²) in [6.07, 6.45) is 3.26. The van der Waals surface area contributed by atoms with Crippen LogP contribution in [-0.2, 0) is 11.3 Å². The number of amides is 2. The Morgan fingerprint density at radius 2 is 2.00 bits per heavy atom. The Morgan fingerprint density at radius 3 is 2.52 bits per heavy atom. The maximum atomic E-state index is 12.6. The fraction of sp³-hybridized carbons (Fsp3) is 0.500. The van der Waals surface area contributed by atoms with E-state index in [1.165, 1.54) is 0 Å². The number of rotatable bonds is 10. The molecule has 0 heterocycles. The molecule has 0 bridgehead atoms. The van der Waals surface area contributed by atoms with Gasteiger partial charge in [-0.25, -0.2) is 4.79 Å². The molecule has 1 fully saturated rings. The third kappa shape index (κ3) is 5.99. The lowest BCUT2D eigenvalue weighted by atomic mass is 9.85. The average molecular weight is 375 g/mol. The molecule has 2 amide bonds. The minimum absolute atomic E-state index is 0.0435. The number of carbonyl (C=O) groups excluding carboxylic acids is 1. The molecule has 0 saturated heterocycles. The standard InChI is InChI=1S/C20H29N3O4/c1-4-10-23(13-15-6-8-18(27-3)9-7-15)20(26)21-16-11-17(12-16)22(5-2)14-19(24)25/h4,6-9,16-17H,1,5,10-14H2,2-3H3,(H,21,26)(H,24,25). The summed E-state index contributed by atoms with van der Waals surface area (Å²) in [7, 11) is 1.62. The van der Waals surface area contributed by atoms with Gasteiger partial charge in [0.15, 0.2) is 0 Å². The molecule has 2 rings (SSSR count). The Morgan fingerprint density at radius 1 is 1.33 bits per heavy atom. The van der Waals surface area contributed by atoms with Crippen LogP contribution in [0.1, 0.15) is 25.3 Å². The number of carboxylic acid groups (broad SMARTS) is 1. The number of benzene rings is 1. The predicted octanol–water partition coefficient (Wildman–Crippen LogP) is 2.33. The van der Waals surface area contributed by atoms with E-state index in [1.54, 1.807) is 18.1 Å². The highest BCUT2D eigenvalue weighted by atomic mass is 16.5. The van der Waals surface area contributed by atoms with Gasteiger partial charge in [0.05, 0.1) is 13.7 Å². The average Bonchev–Trinajstić information content (AvgIpc) is 2.62.